The number of hydrogen-bond donors (Lipinski definition) is 1. The quantitative estimate of drug-likeness (QED) is 0.918. The van der Waals surface area contributed by atoms with Gasteiger partial charge in [-0.2, -0.15) is 0 Å². The van der Waals surface area contributed by atoms with Gasteiger partial charge in [0, 0.05) is 31.9 Å². The van der Waals surface area contributed by atoms with Crippen molar-refractivity contribution in [1.29, 1.82) is 0 Å². The molecule has 4 nitrogen and oxygen atoms in total. The second-order valence-corrected chi connectivity index (χ2v) is 5.52. The Labute approximate surface area is 120 Å². The van der Waals surface area contributed by atoms with Crippen molar-refractivity contribution >= 4 is 27.5 Å². The molecule has 1 aliphatic rings. The number of rotatable bonds is 3. The smallest absolute Gasteiger partial charge is 0.241 e. The van der Waals surface area contributed by atoms with E-state index in [9.17, 15) is 9.18 Å². The minimum Gasteiger partial charge on any atom is -0.376 e. The highest BCUT2D eigenvalue weighted by Gasteiger charge is 2.18. The van der Waals surface area contributed by atoms with E-state index in [2.05, 4.69) is 26.1 Å². The maximum absolute atomic E-state index is 13.3. The van der Waals surface area contributed by atoms with Gasteiger partial charge in [-0.3, -0.25) is 4.79 Å². The van der Waals surface area contributed by atoms with E-state index < -0.39 is 0 Å². The fourth-order valence-electron chi connectivity index (χ4n) is 1.95. The van der Waals surface area contributed by atoms with E-state index >= 15 is 0 Å². The van der Waals surface area contributed by atoms with Crippen molar-refractivity contribution in [2.75, 3.05) is 45.1 Å². The number of anilines is 1. The van der Waals surface area contributed by atoms with E-state index in [0.29, 0.717) is 10.2 Å². The Morgan fingerprint density at radius 3 is 2.68 bits per heavy atom. The molecule has 104 valence electrons. The zero-order valence-electron chi connectivity index (χ0n) is 10.8. The molecule has 1 fully saturated rings. The number of carbonyl (C=O) groups excluding carboxylic acids is 1. The van der Waals surface area contributed by atoms with Crippen molar-refractivity contribution in [3.63, 3.8) is 0 Å². The third-order valence-corrected chi connectivity index (χ3v) is 3.86. The fraction of sp³-hybridized carbons (Fsp3) is 0.462. The summed E-state index contributed by atoms with van der Waals surface area (Å²) in [6, 6.07) is 4.74. The molecule has 0 aliphatic carbocycles. The predicted octanol–water partition coefficient (Wildman–Crippen LogP) is 1.77. The van der Waals surface area contributed by atoms with Gasteiger partial charge in [0.25, 0.3) is 0 Å². The summed E-state index contributed by atoms with van der Waals surface area (Å²) in [6.45, 7) is 3.51. The number of nitrogens with zero attached hydrogens (tertiary/aromatic N) is 2. The number of piperazine rings is 1. The maximum Gasteiger partial charge on any atom is 0.241 e. The van der Waals surface area contributed by atoms with Gasteiger partial charge in [-0.25, -0.2) is 4.39 Å². The second kappa shape index (κ2) is 6.34. The third kappa shape index (κ3) is 3.91. The number of amides is 1. The van der Waals surface area contributed by atoms with Gasteiger partial charge < -0.3 is 15.1 Å². The molecule has 1 N–H and O–H groups in total. The molecule has 0 atom stereocenters. The van der Waals surface area contributed by atoms with Crippen molar-refractivity contribution in [1.82, 2.24) is 9.80 Å². The molecule has 1 aromatic carbocycles. The first-order valence-corrected chi connectivity index (χ1v) is 7.01. The third-order valence-electron chi connectivity index (χ3n) is 3.22. The van der Waals surface area contributed by atoms with Gasteiger partial charge in [0.05, 0.1) is 11.0 Å². The van der Waals surface area contributed by atoms with Crippen LogP contribution in [-0.2, 0) is 4.79 Å². The summed E-state index contributed by atoms with van der Waals surface area (Å²) in [5.41, 5.74) is 0.614. The molecule has 0 bridgehead atoms. The van der Waals surface area contributed by atoms with Crippen LogP contribution in [-0.4, -0.2) is 55.5 Å². The van der Waals surface area contributed by atoms with Crippen LogP contribution in [0.1, 0.15) is 0 Å². The number of carbonyl (C=O) groups is 1. The molecule has 6 heteroatoms. The Morgan fingerprint density at radius 2 is 2.05 bits per heavy atom. The van der Waals surface area contributed by atoms with Crippen LogP contribution in [0.3, 0.4) is 0 Å². The van der Waals surface area contributed by atoms with Gasteiger partial charge in [0.1, 0.15) is 5.82 Å². The summed E-state index contributed by atoms with van der Waals surface area (Å²) in [5, 5.41) is 2.96. The number of likely N-dealkylation sites (N-methyl/N-ethyl adjacent to an activating group) is 1. The SMILES string of the molecule is CN1CCN(C(=O)CNc2ccc(Br)c(F)c2)CC1. The molecule has 1 aromatic rings. The summed E-state index contributed by atoms with van der Waals surface area (Å²) >= 11 is 3.09. The van der Waals surface area contributed by atoms with Crippen molar-refractivity contribution < 1.29 is 9.18 Å². The molecule has 1 aliphatic heterocycles. The topological polar surface area (TPSA) is 35.6 Å². The Morgan fingerprint density at radius 1 is 1.37 bits per heavy atom. The summed E-state index contributed by atoms with van der Waals surface area (Å²) in [7, 11) is 2.05. The standard InChI is InChI=1S/C13H17BrFN3O/c1-17-4-6-18(7-5-17)13(19)9-16-10-2-3-11(14)12(15)8-10/h2-3,8,16H,4-7,9H2,1H3. The second-order valence-electron chi connectivity index (χ2n) is 4.67. The number of hydrogen-bond acceptors (Lipinski definition) is 3. The Kier molecular flexibility index (Phi) is 4.76. The first-order valence-electron chi connectivity index (χ1n) is 6.21. The molecule has 19 heavy (non-hydrogen) atoms. The number of benzene rings is 1. The van der Waals surface area contributed by atoms with E-state index in [1.807, 2.05) is 11.9 Å². The first-order chi connectivity index (χ1) is 9.06. The number of halogens is 2. The average molecular weight is 330 g/mol. The van der Waals surface area contributed by atoms with E-state index in [1.54, 1.807) is 12.1 Å². The van der Waals surface area contributed by atoms with Crippen LogP contribution < -0.4 is 5.32 Å². The molecule has 0 saturated carbocycles. The normalized spacial score (nSPS) is 16.5. The Bertz CT molecular complexity index is 461. The van der Waals surface area contributed by atoms with Gasteiger partial charge in [-0.1, -0.05) is 0 Å². The van der Waals surface area contributed by atoms with E-state index in [1.165, 1.54) is 6.07 Å². The Hall–Kier alpha value is -1.14. The van der Waals surface area contributed by atoms with Crippen LogP contribution in [0.4, 0.5) is 10.1 Å². The van der Waals surface area contributed by atoms with E-state index in [-0.39, 0.29) is 18.3 Å². The average Bonchev–Trinajstić information content (AvgIpc) is 2.40. The van der Waals surface area contributed by atoms with Crippen molar-refractivity contribution in [2.24, 2.45) is 0 Å². The lowest BCUT2D eigenvalue weighted by atomic mass is 10.3. The van der Waals surface area contributed by atoms with Crippen LogP contribution >= 0.6 is 15.9 Å². The summed E-state index contributed by atoms with van der Waals surface area (Å²) < 4.78 is 13.7. The molecule has 1 heterocycles. The monoisotopic (exact) mass is 329 g/mol. The minimum atomic E-state index is -0.336. The van der Waals surface area contributed by atoms with Crippen LogP contribution in [0.25, 0.3) is 0 Å². The largest absolute Gasteiger partial charge is 0.376 e. The van der Waals surface area contributed by atoms with Crippen LogP contribution in [0.2, 0.25) is 0 Å². The number of nitrogens with one attached hydrogen (secondary N) is 1. The highest BCUT2D eigenvalue weighted by molar-refractivity contribution is 9.10. The lowest BCUT2D eigenvalue weighted by Gasteiger charge is -2.32. The summed E-state index contributed by atoms with van der Waals surface area (Å²) in [6.07, 6.45) is 0. The van der Waals surface area contributed by atoms with Crippen LogP contribution in [0.15, 0.2) is 22.7 Å². The molecule has 0 spiro atoms. The zero-order valence-corrected chi connectivity index (χ0v) is 12.4. The summed E-state index contributed by atoms with van der Waals surface area (Å²) in [4.78, 5) is 16.0. The minimum absolute atomic E-state index is 0.0522. The van der Waals surface area contributed by atoms with E-state index in [0.717, 1.165) is 26.2 Å². The van der Waals surface area contributed by atoms with Crippen molar-refractivity contribution in [2.45, 2.75) is 0 Å². The fourth-order valence-corrected chi connectivity index (χ4v) is 2.20. The lowest BCUT2D eigenvalue weighted by molar-refractivity contribution is -0.130. The summed E-state index contributed by atoms with van der Waals surface area (Å²) in [5.74, 6) is -0.284. The lowest BCUT2D eigenvalue weighted by Crippen LogP contribution is -2.48. The molecule has 1 saturated heterocycles. The van der Waals surface area contributed by atoms with Crippen LogP contribution in [0.5, 0.6) is 0 Å². The highest BCUT2D eigenvalue weighted by atomic mass is 79.9. The highest BCUT2D eigenvalue weighted by Crippen LogP contribution is 2.19. The van der Waals surface area contributed by atoms with Crippen molar-refractivity contribution in [3.8, 4) is 0 Å². The van der Waals surface area contributed by atoms with Gasteiger partial charge in [0.15, 0.2) is 0 Å². The van der Waals surface area contributed by atoms with Gasteiger partial charge in [-0.05, 0) is 41.2 Å². The zero-order chi connectivity index (χ0) is 13.8. The first kappa shape index (κ1) is 14.3. The predicted molar refractivity (Wildman–Crippen MR) is 76.7 cm³/mol. The molecule has 2 rings (SSSR count). The molecule has 1 amide bonds. The molecular weight excluding hydrogens is 313 g/mol. The molecule has 0 radical (unpaired) electrons. The van der Waals surface area contributed by atoms with Gasteiger partial charge in [0.2, 0.25) is 5.91 Å². The van der Waals surface area contributed by atoms with Crippen molar-refractivity contribution in [3.05, 3.63) is 28.5 Å². The van der Waals surface area contributed by atoms with Crippen LogP contribution in [0, 0.1) is 5.82 Å². The molecular formula is C13H17BrFN3O. The van der Waals surface area contributed by atoms with Gasteiger partial charge >= 0.3 is 0 Å². The molecule has 0 unspecified atom stereocenters. The maximum atomic E-state index is 13.3. The molecule has 0 aromatic heterocycles. The Balaban J connectivity index is 1.84. The van der Waals surface area contributed by atoms with Gasteiger partial charge in [-0.15, -0.1) is 0 Å². The van der Waals surface area contributed by atoms with E-state index in [4.69, 9.17) is 0 Å².